The Hall–Kier alpha value is -3.95. The van der Waals surface area contributed by atoms with Crippen molar-refractivity contribution in [1.82, 2.24) is 19.9 Å². The summed E-state index contributed by atoms with van der Waals surface area (Å²) in [5, 5.41) is 13.8. The summed E-state index contributed by atoms with van der Waals surface area (Å²) in [4.78, 5) is 27.0. The van der Waals surface area contributed by atoms with E-state index in [4.69, 9.17) is 21.1 Å². The minimum Gasteiger partial charge on any atom is -0.486 e. The number of hydrogen-bond acceptors (Lipinski definition) is 8. The molecule has 0 spiro atoms. The second kappa shape index (κ2) is 11.4. The number of benzene rings is 2. The Balaban J connectivity index is 1.32. The number of hydrogen-bond donors (Lipinski definition) is 2. The molecule has 0 radical (unpaired) electrons. The van der Waals surface area contributed by atoms with Crippen molar-refractivity contribution in [3.8, 4) is 11.8 Å². The fourth-order valence-corrected chi connectivity index (χ4v) is 4.52. The van der Waals surface area contributed by atoms with Crippen LogP contribution in [0.3, 0.4) is 0 Å². The Morgan fingerprint density at radius 2 is 1.97 bits per heavy atom. The maximum absolute atomic E-state index is 12.0. The van der Waals surface area contributed by atoms with Crippen molar-refractivity contribution in [1.29, 1.82) is 0 Å². The van der Waals surface area contributed by atoms with Crippen LogP contribution in [0.1, 0.15) is 18.5 Å². The Bertz CT molecular complexity index is 1390. The molecule has 0 unspecified atom stereocenters. The van der Waals surface area contributed by atoms with Gasteiger partial charge in [-0.15, -0.1) is 0 Å². The minimum absolute atomic E-state index is 0.122. The van der Waals surface area contributed by atoms with Gasteiger partial charge in [0.05, 0.1) is 22.3 Å². The number of halogens is 1. The normalized spacial score (nSPS) is 15.1. The molecule has 10 heteroatoms. The number of aliphatic hydroxyl groups excluding tert-OH is 1. The van der Waals surface area contributed by atoms with E-state index in [0.29, 0.717) is 35.3 Å². The maximum Gasteiger partial charge on any atom is 0.319 e. The number of carbonyl (C=O) groups excluding carboxylic acids is 1. The molecule has 37 heavy (non-hydrogen) atoms. The molecule has 4 aromatic rings. The third-order valence-electron chi connectivity index (χ3n) is 6.12. The summed E-state index contributed by atoms with van der Waals surface area (Å²) < 4.78 is 11.7. The molecule has 0 aliphatic carbocycles. The number of fused-ring (bicyclic) bond motifs is 1. The number of nitrogens with one attached hydrogen (secondary N) is 1. The van der Waals surface area contributed by atoms with Crippen LogP contribution in [0.25, 0.3) is 10.9 Å². The highest BCUT2D eigenvalue weighted by atomic mass is 35.5. The lowest BCUT2D eigenvalue weighted by molar-refractivity contribution is -0.135. The van der Waals surface area contributed by atoms with E-state index in [0.717, 1.165) is 29.6 Å². The van der Waals surface area contributed by atoms with Gasteiger partial charge in [-0.3, -0.25) is 9.78 Å². The molecular formula is C27H26ClN5O4. The van der Waals surface area contributed by atoms with Crippen LogP contribution in [0.4, 0.5) is 11.5 Å². The summed E-state index contributed by atoms with van der Waals surface area (Å²) in [6.07, 6.45) is 3.39. The molecule has 1 fully saturated rings. The van der Waals surface area contributed by atoms with Crippen LogP contribution in [0.15, 0.2) is 66.9 Å². The van der Waals surface area contributed by atoms with Gasteiger partial charge in [-0.25, -0.2) is 0 Å². The van der Waals surface area contributed by atoms with Crippen molar-refractivity contribution in [3.05, 3.63) is 77.6 Å². The quantitative estimate of drug-likeness (QED) is 0.335. The zero-order valence-corrected chi connectivity index (χ0v) is 20.8. The summed E-state index contributed by atoms with van der Waals surface area (Å²) in [5.74, 6) is 0.818. The average molecular weight is 520 g/mol. The van der Waals surface area contributed by atoms with Crippen molar-refractivity contribution in [2.75, 3.05) is 25.1 Å². The molecule has 2 aromatic heterocycles. The second-order valence-corrected chi connectivity index (χ2v) is 9.01. The highest BCUT2D eigenvalue weighted by Gasteiger charge is 2.29. The molecular weight excluding hydrogens is 494 g/mol. The number of carbonyl (C=O) groups is 1. The standard InChI is InChI=1S/C27H26ClN5O4/c28-22-14-18(10-11-24(22)36-16-19-6-3-4-12-29-19)30-26-21-8-1-2-9-23(21)31-27(32-26)37-17-20-7-5-13-33(20)25(35)15-34/h1-4,6,8-12,14,20,34H,5,7,13,15-17H2,(H,30,31,32)/t20-/m0/s1. The molecule has 2 aromatic carbocycles. The number of ether oxygens (including phenoxy) is 2. The lowest BCUT2D eigenvalue weighted by Crippen LogP contribution is -2.40. The average Bonchev–Trinajstić information content (AvgIpc) is 3.40. The van der Waals surface area contributed by atoms with Crippen molar-refractivity contribution < 1.29 is 19.4 Å². The van der Waals surface area contributed by atoms with E-state index in [1.165, 1.54) is 0 Å². The lowest BCUT2D eigenvalue weighted by atomic mass is 10.2. The molecule has 0 bridgehead atoms. The van der Waals surface area contributed by atoms with E-state index in [9.17, 15) is 9.90 Å². The molecule has 0 saturated carbocycles. The number of para-hydroxylation sites is 1. The summed E-state index contributed by atoms with van der Waals surface area (Å²) >= 11 is 6.49. The predicted molar refractivity (Wildman–Crippen MR) is 140 cm³/mol. The first kappa shape index (κ1) is 24.7. The second-order valence-electron chi connectivity index (χ2n) is 8.60. The van der Waals surface area contributed by atoms with E-state index >= 15 is 0 Å². The van der Waals surface area contributed by atoms with Crippen LogP contribution in [0.5, 0.6) is 11.8 Å². The summed E-state index contributed by atoms with van der Waals surface area (Å²) in [7, 11) is 0. The zero-order valence-electron chi connectivity index (χ0n) is 20.0. The van der Waals surface area contributed by atoms with Crippen molar-refractivity contribution in [3.63, 3.8) is 0 Å². The van der Waals surface area contributed by atoms with E-state index < -0.39 is 6.61 Å². The van der Waals surface area contributed by atoms with Gasteiger partial charge >= 0.3 is 6.01 Å². The van der Waals surface area contributed by atoms with E-state index in [2.05, 4.69) is 20.3 Å². The summed E-state index contributed by atoms with van der Waals surface area (Å²) in [6.45, 7) is 0.665. The Labute approximate surface area is 219 Å². The maximum atomic E-state index is 12.0. The van der Waals surface area contributed by atoms with Gasteiger partial charge < -0.3 is 24.8 Å². The molecule has 2 N–H and O–H groups in total. The van der Waals surface area contributed by atoms with Crippen molar-refractivity contribution >= 4 is 39.9 Å². The molecule has 1 aliphatic rings. The molecule has 1 atom stereocenters. The predicted octanol–water partition coefficient (Wildman–Crippen LogP) is 4.36. The highest BCUT2D eigenvalue weighted by molar-refractivity contribution is 6.32. The number of amides is 1. The molecule has 190 valence electrons. The van der Waals surface area contributed by atoms with Crippen LogP contribution in [0.2, 0.25) is 5.02 Å². The fraction of sp³-hybridized carbons (Fsp3) is 0.259. The van der Waals surface area contributed by atoms with Gasteiger partial charge in [-0.05, 0) is 55.3 Å². The third kappa shape index (κ3) is 5.90. The first-order valence-electron chi connectivity index (χ1n) is 12.0. The Kier molecular flexibility index (Phi) is 7.62. The topological polar surface area (TPSA) is 110 Å². The number of anilines is 2. The van der Waals surface area contributed by atoms with Gasteiger partial charge in [0.25, 0.3) is 0 Å². The van der Waals surface area contributed by atoms with E-state index in [1.54, 1.807) is 23.2 Å². The van der Waals surface area contributed by atoms with Gasteiger partial charge in [-0.1, -0.05) is 29.8 Å². The van der Waals surface area contributed by atoms with Crippen LogP contribution in [0, 0.1) is 0 Å². The summed E-state index contributed by atoms with van der Waals surface area (Å²) in [6, 6.07) is 18.8. The van der Waals surface area contributed by atoms with Crippen LogP contribution in [-0.4, -0.2) is 56.7 Å². The van der Waals surface area contributed by atoms with Crippen LogP contribution >= 0.6 is 11.6 Å². The van der Waals surface area contributed by atoms with Crippen molar-refractivity contribution in [2.45, 2.75) is 25.5 Å². The number of rotatable bonds is 9. The molecule has 3 heterocycles. The number of nitrogens with zero attached hydrogens (tertiary/aromatic N) is 4. The van der Waals surface area contributed by atoms with Gasteiger partial charge in [-0.2, -0.15) is 9.97 Å². The molecule has 1 aliphatic heterocycles. The first-order valence-corrected chi connectivity index (χ1v) is 12.4. The Morgan fingerprint density at radius 3 is 2.78 bits per heavy atom. The Morgan fingerprint density at radius 1 is 1.11 bits per heavy atom. The van der Waals surface area contributed by atoms with Gasteiger partial charge in [0.2, 0.25) is 5.91 Å². The number of pyridine rings is 1. The number of aliphatic hydroxyl groups is 1. The van der Waals surface area contributed by atoms with Crippen LogP contribution in [-0.2, 0) is 11.4 Å². The minimum atomic E-state index is -0.507. The molecule has 1 amide bonds. The van der Waals surface area contributed by atoms with E-state index in [-0.39, 0.29) is 24.6 Å². The largest absolute Gasteiger partial charge is 0.486 e. The highest BCUT2D eigenvalue weighted by Crippen LogP contribution is 2.32. The van der Waals surface area contributed by atoms with Gasteiger partial charge in [0, 0.05) is 23.8 Å². The fourth-order valence-electron chi connectivity index (χ4n) is 4.28. The zero-order chi connectivity index (χ0) is 25.6. The number of aromatic nitrogens is 3. The molecule has 5 rings (SSSR count). The summed E-state index contributed by atoms with van der Waals surface area (Å²) in [5.41, 5.74) is 2.24. The molecule has 1 saturated heterocycles. The van der Waals surface area contributed by atoms with Gasteiger partial charge in [0.1, 0.15) is 31.4 Å². The monoisotopic (exact) mass is 519 g/mol. The molecule has 9 nitrogen and oxygen atoms in total. The first-order chi connectivity index (χ1) is 18.1. The number of likely N-dealkylation sites (tertiary alicyclic amines) is 1. The third-order valence-corrected chi connectivity index (χ3v) is 6.41. The lowest BCUT2D eigenvalue weighted by Gasteiger charge is -2.23. The smallest absolute Gasteiger partial charge is 0.319 e. The van der Waals surface area contributed by atoms with Gasteiger partial charge in [0.15, 0.2) is 0 Å². The van der Waals surface area contributed by atoms with Crippen LogP contribution < -0.4 is 14.8 Å². The SMILES string of the molecule is O=C(CO)N1CCC[C@H]1COc1nc(Nc2ccc(OCc3ccccn3)c(Cl)c2)c2ccccc2n1. The van der Waals surface area contributed by atoms with Crippen molar-refractivity contribution in [2.24, 2.45) is 0 Å². The van der Waals surface area contributed by atoms with E-state index in [1.807, 2.05) is 48.5 Å².